The molecule has 6 aromatic rings. The Morgan fingerprint density at radius 1 is 0.661 bits per heavy atom. The molecule has 6 aromatic carbocycles. The van der Waals surface area contributed by atoms with Crippen LogP contribution in [0.5, 0.6) is 11.5 Å². The highest BCUT2D eigenvalue weighted by molar-refractivity contribution is 7.94. The third kappa shape index (κ3) is 9.23. The van der Waals surface area contributed by atoms with Crippen molar-refractivity contribution in [3.05, 3.63) is 119 Å². The first kappa shape index (κ1) is 39.6. The Hall–Kier alpha value is -6.08. The van der Waals surface area contributed by atoms with Gasteiger partial charge in [0.1, 0.15) is 22.0 Å². The van der Waals surface area contributed by atoms with Crippen molar-refractivity contribution in [1.29, 1.82) is 0 Å². The van der Waals surface area contributed by atoms with E-state index in [-0.39, 0.29) is 22.9 Å². The number of aryl methyl sites for hydroxylation is 4. The summed E-state index contributed by atoms with van der Waals surface area (Å²) >= 11 is 0.662. The average Bonchev–Trinajstić information content (AvgIpc) is 3.17. The van der Waals surface area contributed by atoms with Gasteiger partial charge in [0.25, 0.3) is 10.1 Å². The molecule has 17 heteroatoms. The summed E-state index contributed by atoms with van der Waals surface area (Å²) in [7, 11) is -3.20. The van der Waals surface area contributed by atoms with Crippen LogP contribution in [-0.2, 0) is 19.5 Å². The Morgan fingerprint density at radius 2 is 1.30 bits per heavy atom. The number of rotatable bonds is 13. The van der Waals surface area contributed by atoms with Crippen LogP contribution < -0.4 is 10.1 Å². The topological polar surface area (TPSA) is 209 Å². The summed E-state index contributed by atoms with van der Waals surface area (Å²) in [6.07, 6.45) is 0. The van der Waals surface area contributed by atoms with Gasteiger partial charge in [0.15, 0.2) is 5.75 Å². The fourth-order valence-electron chi connectivity index (χ4n) is 5.71. The van der Waals surface area contributed by atoms with Crippen molar-refractivity contribution in [2.24, 2.45) is 30.7 Å². The number of methoxy groups -OCH3 is 1. The SMILES string of the molecule is COc1ccc(N=Nc2c(C)cc(N=Nc3cc(C)c(N=Nc4c(SOOO)cc5cc(Nc6ccccc6)ccc5c4O)cc3C)cc2C)c(S(=O)(=O)O)c1. The molecule has 56 heavy (non-hydrogen) atoms. The normalized spacial score (nSPS) is 12.1. The lowest BCUT2D eigenvalue weighted by Crippen LogP contribution is -1.99. The van der Waals surface area contributed by atoms with Gasteiger partial charge in [-0.15, -0.1) is 19.7 Å². The van der Waals surface area contributed by atoms with Crippen LogP contribution in [0.15, 0.2) is 138 Å². The van der Waals surface area contributed by atoms with Crippen molar-refractivity contribution in [2.45, 2.75) is 37.5 Å². The summed E-state index contributed by atoms with van der Waals surface area (Å²) in [5.74, 6) is 0.105. The number of phenols is 1. The van der Waals surface area contributed by atoms with Crippen molar-refractivity contribution in [3.63, 3.8) is 0 Å². The minimum atomic E-state index is -4.58. The number of para-hydroxylation sites is 1. The maximum absolute atomic E-state index is 11.9. The highest BCUT2D eigenvalue weighted by atomic mass is 32.2. The lowest BCUT2D eigenvalue weighted by Gasteiger charge is -2.12. The van der Waals surface area contributed by atoms with E-state index in [4.69, 9.17) is 14.3 Å². The van der Waals surface area contributed by atoms with Crippen LogP contribution in [0, 0.1) is 27.7 Å². The van der Waals surface area contributed by atoms with Gasteiger partial charge in [-0.2, -0.15) is 23.8 Å². The Balaban J connectivity index is 1.23. The number of hydrogen-bond acceptors (Lipinski definition) is 15. The van der Waals surface area contributed by atoms with Crippen LogP contribution in [0.3, 0.4) is 0 Å². The molecule has 0 atom stereocenters. The van der Waals surface area contributed by atoms with E-state index in [2.05, 4.69) is 41.0 Å². The molecule has 0 aliphatic rings. The second-order valence-corrected chi connectivity index (χ2v) is 14.6. The Labute approximate surface area is 326 Å². The predicted octanol–water partition coefficient (Wildman–Crippen LogP) is 12.5. The number of phenolic OH excluding ortho intramolecular Hbond substituents is 1. The van der Waals surface area contributed by atoms with E-state index < -0.39 is 15.0 Å². The molecule has 0 saturated heterocycles. The third-order valence-corrected chi connectivity index (χ3v) is 9.99. The zero-order chi connectivity index (χ0) is 40.0. The first-order valence-corrected chi connectivity index (χ1v) is 18.9. The van der Waals surface area contributed by atoms with Crippen LogP contribution in [0.2, 0.25) is 0 Å². The molecule has 0 amide bonds. The second kappa shape index (κ2) is 17.2. The molecule has 6 rings (SSSR count). The number of anilines is 2. The number of nitrogens with one attached hydrogen (secondary N) is 1. The van der Waals surface area contributed by atoms with Gasteiger partial charge in [0.05, 0.1) is 46.8 Å². The van der Waals surface area contributed by atoms with E-state index >= 15 is 0 Å². The van der Waals surface area contributed by atoms with Gasteiger partial charge < -0.3 is 15.2 Å². The monoisotopic (exact) mass is 793 g/mol. The van der Waals surface area contributed by atoms with Crippen molar-refractivity contribution < 1.29 is 37.4 Å². The molecule has 4 N–H and O–H groups in total. The minimum Gasteiger partial charge on any atom is -0.505 e. The largest absolute Gasteiger partial charge is 0.505 e. The number of ether oxygens (including phenoxy) is 1. The maximum Gasteiger partial charge on any atom is 0.296 e. The molecule has 0 unspecified atom stereocenters. The van der Waals surface area contributed by atoms with Crippen molar-refractivity contribution in [2.75, 3.05) is 12.4 Å². The highest BCUT2D eigenvalue weighted by Gasteiger charge is 2.18. The Bertz CT molecular complexity index is 2610. The first-order valence-electron chi connectivity index (χ1n) is 16.7. The van der Waals surface area contributed by atoms with Crippen LogP contribution >= 0.6 is 12.0 Å². The van der Waals surface area contributed by atoms with E-state index in [1.807, 2.05) is 76.2 Å². The molecule has 0 aliphatic heterocycles. The quantitative estimate of drug-likeness (QED) is 0.0286. The van der Waals surface area contributed by atoms with Gasteiger partial charge in [-0.3, -0.25) is 4.55 Å². The van der Waals surface area contributed by atoms with Crippen molar-refractivity contribution >= 4 is 78.4 Å². The summed E-state index contributed by atoms with van der Waals surface area (Å²) in [6, 6.07) is 28.1. The standard InChI is InChI=1S/C39H35N7O8S2/c1-22-18-34(44-46-38-35(55-54-53-48)20-26-19-28(11-13-31(26)39(38)47)40-27-9-7-6-8-10-27)23(2)17-33(22)43-41-29-15-24(3)37(25(4)16-29)45-42-32-14-12-30(52-5)21-36(32)56(49,50)51/h6-21,40,47-48H,1-5H3,(H,49,50,51). The van der Waals surface area contributed by atoms with E-state index in [0.29, 0.717) is 61.6 Å². The van der Waals surface area contributed by atoms with Crippen LogP contribution in [-0.4, -0.2) is 30.4 Å². The van der Waals surface area contributed by atoms with Gasteiger partial charge in [-0.1, -0.05) is 23.2 Å². The molecule has 15 nitrogen and oxygen atoms in total. The van der Waals surface area contributed by atoms with Crippen molar-refractivity contribution in [3.8, 4) is 11.5 Å². The Morgan fingerprint density at radius 3 is 1.95 bits per heavy atom. The number of hydrogen-bond donors (Lipinski definition) is 4. The van der Waals surface area contributed by atoms with Crippen LogP contribution in [0.1, 0.15) is 22.3 Å². The van der Waals surface area contributed by atoms with Crippen molar-refractivity contribution in [1.82, 2.24) is 0 Å². The molecular formula is C39H35N7O8S2. The molecule has 0 fully saturated rings. The van der Waals surface area contributed by atoms with Gasteiger partial charge in [0, 0.05) is 22.8 Å². The fraction of sp³-hybridized carbons (Fsp3) is 0.128. The van der Waals surface area contributed by atoms with E-state index in [0.717, 1.165) is 22.5 Å². The maximum atomic E-state index is 11.9. The smallest absolute Gasteiger partial charge is 0.296 e. The molecule has 0 heterocycles. The molecule has 286 valence electrons. The van der Waals surface area contributed by atoms with Gasteiger partial charge in [-0.05, 0) is 128 Å². The summed E-state index contributed by atoms with van der Waals surface area (Å²) < 4.78 is 43.3. The zero-order valence-corrected chi connectivity index (χ0v) is 32.3. The fourth-order valence-corrected chi connectivity index (χ4v) is 6.84. The second-order valence-electron chi connectivity index (χ2n) is 12.5. The third-order valence-electron chi connectivity index (χ3n) is 8.49. The lowest BCUT2D eigenvalue weighted by molar-refractivity contribution is -0.432. The summed E-state index contributed by atoms with van der Waals surface area (Å²) in [6.45, 7) is 7.33. The van der Waals surface area contributed by atoms with Crippen LogP contribution in [0.4, 0.5) is 45.5 Å². The lowest BCUT2D eigenvalue weighted by atomic mass is 10.1. The average molecular weight is 794 g/mol. The highest BCUT2D eigenvalue weighted by Crippen LogP contribution is 2.45. The van der Waals surface area contributed by atoms with E-state index in [1.54, 1.807) is 30.3 Å². The first-order chi connectivity index (χ1) is 26.8. The molecule has 0 aromatic heterocycles. The summed E-state index contributed by atoms with van der Waals surface area (Å²) in [5.41, 5.74) is 6.85. The minimum absolute atomic E-state index is 0.0468. The summed E-state index contributed by atoms with van der Waals surface area (Å²) in [4.78, 5) is -0.0877. The molecule has 0 spiro atoms. The van der Waals surface area contributed by atoms with Crippen LogP contribution in [0.25, 0.3) is 10.8 Å². The molecule has 0 saturated carbocycles. The number of azo groups is 3. The van der Waals surface area contributed by atoms with Gasteiger partial charge in [-0.25, -0.2) is 5.26 Å². The van der Waals surface area contributed by atoms with E-state index in [1.165, 1.54) is 25.3 Å². The summed E-state index contributed by atoms with van der Waals surface area (Å²) in [5, 5.41) is 54.6. The number of fused-ring (bicyclic) bond motifs is 1. The number of benzene rings is 6. The molecular weight excluding hydrogens is 759 g/mol. The van der Waals surface area contributed by atoms with Gasteiger partial charge >= 0.3 is 0 Å². The predicted molar refractivity (Wildman–Crippen MR) is 213 cm³/mol. The van der Waals surface area contributed by atoms with Gasteiger partial charge in [0.2, 0.25) is 0 Å². The zero-order valence-electron chi connectivity index (χ0n) is 30.6. The number of aromatic hydroxyl groups is 1. The van der Waals surface area contributed by atoms with E-state index in [9.17, 15) is 18.1 Å². The Kier molecular flexibility index (Phi) is 12.1. The molecule has 0 aliphatic carbocycles. The molecule has 0 radical (unpaired) electrons. The number of nitrogens with zero attached hydrogens (tertiary/aromatic N) is 6. The molecule has 0 bridgehead atoms.